The number of hydrogen-bond acceptors (Lipinski definition) is 10. The summed E-state index contributed by atoms with van der Waals surface area (Å²) in [5, 5.41) is 1.28. The van der Waals surface area contributed by atoms with Gasteiger partial charge in [-0.05, 0) is 34.7 Å². The van der Waals surface area contributed by atoms with Gasteiger partial charge in [0.15, 0.2) is 9.88 Å². The summed E-state index contributed by atoms with van der Waals surface area (Å²) < 4.78 is 4.85. The number of ether oxygens (including phenoxy) is 1. The summed E-state index contributed by atoms with van der Waals surface area (Å²) in [5.41, 5.74) is 12.5. The minimum atomic E-state index is -1.31. The molecule has 2 aromatic rings. The summed E-state index contributed by atoms with van der Waals surface area (Å²) in [7, 11) is 0. The lowest BCUT2D eigenvalue weighted by atomic mass is 10.0. The van der Waals surface area contributed by atoms with Crippen LogP contribution in [0.25, 0.3) is 0 Å². The van der Waals surface area contributed by atoms with E-state index in [-0.39, 0.29) is 24.2 Å². The molecule has 158 valence electrons. The van der Waals surface area contributed by atoms with Gasteiger partial charge in [0, 0.05) is 20.4 Å². The number of carbonyl (C=O) groups excluding carboxylic acids is 3. The summed E-state index contributed by atoms with van der Waals surface area (Å²) in [4.78, 5) is 44.3. The smallest absolute Gasteiger partial charge is 0.334 e. The third-order valence-corrected chi connectivity index (χ3v) is 9.86. The van der Waals surface area contributed by atoms with Gasteiger partial charge < -0.3 is 21.1 Å². The van der Waals surface area contributed by atoms with E-state index >= 15 is 0 Å². The van der Waals surface area contributed by atoms with Crippen LogP contribution in [0.5, 0.6) is 0 Å². The fourth-order valence-corrected chi connectivity index (χ4v) is 7.22. The number of carbonyl (C=O) groups is 3. The number of thiazole rings is 1. The van der Waals surface area contributed by atoms with Crippen molar-refractivity contribution in [3.05, 3.63) is 38.9 Å². The van der Waals surface area contributed by atoms with Crippen molar-refractivity contribution in [2.45, 2.75) is 33.2 Å². The summed E-state index contributed by atoms with van der Waals surface area (Å²) in [6.45, 7) is 0.0933. The van der Waals surface area contributed by atoms with Crippen molar-refractivity contribution in [2.24, 2.45) is 5.73 Å². The van der Waals surface area contributed by atoms with Gasteiger partial charge in [-0.1, -0.05) is 12.1 Å². The maximum absolute atomic E-state index is 13.3. The maximum Gasteiger partial charge on any atom is 0.334 e. The van der Waals surface area contributed by atoms with Crippen molar-refractivity contribution in [1.29, 1.82) is 0 Å². The predicted octanol–water partition coefficient (Wildman–Crippen LogP) is 2.06. The van der Waals surface area contributed by atoms with Gasteiger partial charge in [0.25, 0.3) is 0 Å². The van der Waals surface area contributed by atoms with Crippen molar-refractivity contribution >= 4 is 80.4 Å². The molecule has 2 fully saturated rings. The molecule has 1 aromatic carbocycles. The molecule has 1 amide bonds. The Balaban J connectivity index is 1.59. The Kier molecular flexibility index (Phi) is 6.30. The van der Waals surface area contributed by atoms with Gasteiger partial charge in [0.2, 0.25) is 5.91 Å². The fourth-order valence-electron chi connectivity index (χ4n) is 3.17. The summed E-state index contributed by atoms with van der Waals surface area (Å²) in [6.07, 6.45) is 0.234. The Bertz CT molecular complexity index is 1020. The first kappa shape index (κ1) is 21.9. The summed E-state index contributed by atoms with van der Waals surface area (Å²) in [5.74, 6) is -1.52. The van der Waals surface area contributed by atoms with Crippen molar-refractivity contribution < 1.29 is 19.1 Å². The monoisotopic (exact) mass is 576 g/mol. The number of aromatic nitrogens is 1. The SMILES string of the molecule is Nc1nc(CC(=O)OC(=O)C2(Sc3ccccc3I)CN3C(=O)C[C@H]3SC2N)cs1. The molecular weight excluding hydrogens is 559 g/mol. The minimum Gasteiger partial charge on any atom is -0.392 e. The largest absolute Gasteiger partial charge is 0.392 e. The predicted molar refractivity (Wildman–Crippen MR) is 125 cm³/mol. The number of nitrogens with two attached hydrogens (primary N) is 2. The molecule has 3 heterocycles. The van der Waals surface area contributed by atoms with E-state index in [1.807, 2.05) is 24.3 Å². The van der Waals surface area contributed by atoms with E-state index in [1.165, 1.54) is 34.9 Å². The van der Waals surface area contributed by atoms with Crippen LogP contribution in [0.15, 0.2) is 34.5 Å². The van der Waals surface area contributed by atoms with Crippen molar-refractivity contribution in [3.8, 4) is 0 Å². The Morgan fingerprint density at radius 2 is 2.17 bits per heavy atom. The molecule has 4 rings (SSSR count). The average Bonchev–Trinajstić information content (AvgIpc) is 3.09. The molecule has 2 unspecified atom stereocenters. The van der Waals surface area contributed by atoms with E-state index < -0.39 is 22.1 Å². The van der Waals surface area contributed by atoms with Crippen LogP contribution in [0.3, 0.4) is 0 Å². The molecule has 2 aliphatic heterocycles. The highest BCUT2D eigenvalue weighted by Gasteiger charge is 2.58. The molecule has 0 spiro atoms. The lowest BCUT2D eigenvalue weighted by Gasteiger charge is -2.52. The highest BCUT2D eigenvalue weighted by molar-refractivity contribution is 14.1. The average molecular weight is 576 g/mol. The second-order valence-corrected chi connectivity index (χ2v) is 11.5. The molecule has 8 nitrogen and oxygen atoms in total. The maximum atomic E-state index is 13.3. The van der Waals surface area contributed by atoms with E-state index in [9.17, 15) is 14.4 Å². The van der Waals surface area contributed by atoms with E-state index in [0.29, 0.717) is 17.2 Å². The highest BCUT2D eigenvalue weighted by atomic mass is 127. The van der Waals surface area contributed by atoms with Gasteiger partial charge in [0.05, 0.1) is 29.3 Å². The molecule has 0 radical (unpaired) electrons. The molecule has 0 bridgehead atoms. The van der Waals surface area contributed by atoms with Crippen molar-refractivity contribution in [3.63, 3.8) is 0 Å². The van der Waals surface area contributed by atoms with Gasteiger partial charge >= 0.3 is 11.9 Å². The standard InChI is InChI=1S/C18H17IN4O4S3/c19-10-3-1-2-4-11(10)30-18(8-23-12(24)6-13(23)29-15(18)20)16(26)27-14(25)5-9-7-28-17(21)22-9/h1-4,7,13,15H,5-6,8,20H2,(H2,21,22)/t13-,15?,18?/m1/s1. The second-order valence-electron chi connectivity index (χ2n) is 6.77. The number of anilines is 1. The van der Waals surface area contributed by atoms with E-state index in [1.54, 1.807) is 10.3 Å². The van der Waals surface area contributed by atoms with Crippen LogP contribution >= 0.6 is 57.5 Å². The second kappa shape index (κ2) is 8.65. The van der Waals surface area contributed by atoms with Crippen LogP contribution < -0.4 is 11.5 Å². The van der Waals surface area contributed by atoms with E-state index in [4.69, 9.17) is 16.2 Å². The Morgan fingerprint density at radius 1 is 1.40 bits per heavy atom. The number of β-lactam (4-membered cyclic amide) rings is 1. The molecule has 12 heteroatoms. The number of rotatable bonds is 5. The highest BCUT2D eigenvalue weighted by Crippen LogP contribution is 2.50. The number of benzene rings is 1. The number of nitrogens with zero attached hydrogens (tertiary/aromatic N) is 2. The quantitative estimate of drug-likeness (QED) is 0.238. The van der Waals surface area contributed by atoms with E-state index in [0.717, 1.165) is 8.47 Å². The number of halogens is 1. The number of thioether (sulfide) groups is 2. The van der Waals surface area contributed by atoms with Gasteiger partial charge in [-0.3, -0.25) is 9.59 Å². The first-order chi connectivity index (χ1) is 14.3. The molecule has 0 saturated carbocycles. The summed E-state index contributed by atoms with van der Waals surface area (Å²) in [6, 6.07) is 7.55. The van der Waals surface area contributed by atoms with Crippen molar-refractivity contribution in [2.75, 3.05) is 12.3 Å². The van der Waals surface area contributed by atoms with Crippen LogP contribution in [-0.2, 0) is 25.5 Å². The number of amides is 1. The van der Waals surface area contributed by atoms with Crippen LogP contribution in [0.4, 0.5) is 5.13 Å². The number of nitrogen functional groups attached to an aromatic ring is 1. The zero-order chi connectivity index (χ0) is 21.5. The van der Waals surface area contributed by atoms with Crippen LogP contribution in [0, 0.1) is 3.57 Å². The minimum absolute atomic E-state index is 0.0378. The topological polar surface area (TPSA) is 129 Å². The van der Waals surface area contributed by atoms with Gasteiger partial charge in [-0.2, -0.15) is 0 Å². The number of esters is 2. The zero-order valence-corrected chi connectivity index (χ0v) is 20.1. The first-order valence-electron chi connectivity index (χ1n) is 8.87. The molecule has 2 aliphatic rings. The molecule has 4 N–H and O–H groups in total. The number of hydrogen-bond donors (Lipinski definition) is 2. The fraction of sp³-hybridized carbons (Fsp3) is 0.333. The molecular formula is C18H17IN4O4S3. The Labute approximate surface area is 198 Å². The molecule has 1 aromatic heterocycles. The molecule has 0 aliphatic carbocycles. The van der Waals surface area contributed by atoms with Gasteiger partial charge in [-0.15, -0.1) is 34.9 Å². The zero-order valence-electron chi connectivity index (χ0n) is 15.4. The van der Waals surface area contributed by atoms with Crippen LogP contribution in [0.1, 0.15) is 12.1 Å². The van der Waals surface area contributed by atoms with Gasteiger partial charge in [-0.25, -0.2) is 9.78 Å². The first-order valence-corrected chi connectivity index (χ1v) is 12.6. The Hall–Kier alpha value is -1.35. The summed E-state index contributed by atoms with van der Waals surface area (Å²) >= 11 is 5.98. The number of fused-ring (bicyclic) bond motifs is 1. The third-order valence-electron chi connectivity index (χ3n) is 4.76. The molecule has 2 saturated heterocycles. The van der Waals surface area contributed by atoms with E-state index in [2.05, 4.69) is 27.6 Å². The lowest BCUT2D eigenvalue weighted by Crippen LogP contribution is -2.68. The van der Waals surface area contributed by atoms with Gasteiger partial charge in [0.1, 0.15) is 0 Å². The molecule has 3 atom stereocenters. The van der Waals surface area contributed by atoms with Crippen LogP contribution in [-0.4, -0.2) is 49.8 Å². The third kappa shape index (κ3) is 4.20. The normalized spacial score (nSPS) is 25.4. The Morgan fingerprint density at radius 3 is 2.83 bits per heavy atom. The van der Waals surface area contributed by atoms with Crippen LogP contribution in [0.2, 0.25) is 0 Å². The molecule has 30 heavy (non-hydrogen) atoms. The lowest BCUT2D eigenvalue weighted by molar-refractivity contribution is -0.162. The van der Waals surface area contributed by atoms with Crippen molar-refractivity contribution in [1.82, 2.24) is 9.88 Å².